The third-order valence-electron chi connectivity index (χ3n) is 4.37. The van der Waals surface area contributed by atoms with Crippen molar-refractivity contribution < 1.29 is 4.42 Å². The summed E-state index contributed by atoms with van der Waals surface area (Å²) in [7, 11) is 2.11. The molecule has 0 saturated carbocycles. The predicted molar refractivity (Wildman–Crippen MR) is 78.1 cm³/mol. The van der Waals surface area contributed by atoms with E-state index in [0.29, 0.717) is 17.5 Å². The average Bonchev–Trinajstić information content (AvgIpc) is 2.34. The van der Waals surface area contributed by atoms with Gasteiger partial charge in [-0.1, -0.05) is 6.92 Å². The second-order valence-electron chi connectivity index (χ2n) is 5.75. The van der Waals surface area contributed by atoms with E-state index in [4.69, 9.17) is 4.42 Å². The Hall–Kier alpha value is -1.77. The van der Waals surface area contributed by atoms with Crippen LogP contribution in [0.25, 0.3) is 11.0 Å². The van der Waals surface area contributed by atoms with Crippen molar-refractivity contribution in [1.82, 2.24) is 0 Å². The lowest BCUT2D eigenvalue weighted by molar-refractivity contribution is 0.529. The summed E-state index contributed by atoms with van der Waals surface area (Å²) in [5.74, 6) is 0.539. The number of rotatable bonds is 0. The van der Waals surface area contributed by atoms with E-state index in [1.807, 2.05) is 13.0 Å². The first-order valence-electron chi connectivity index (χ1n) is 6.78. The highest BCUT2D eigenvalue weighted by Gasteiger charge is 2.26. The zero-order valence-corrected chi connectivity index (χ0v) is 11.9. The van der Waals surface area contributed by atoms with Crippen molar-refractivity contribution in [1.29, 1.82) is 0 Å². The Morgan fingerprint density at radius 2 is 2.00 bits per heavy atom. The zero-order chi connectivity index (χ0) is 13.7. The van der Waals surface area contributed by atoms with E-state index >= 15 is 0 Å². The van der Waals surface area contributed by atoms with Gasteiger partial charge in [-0.05, 0) is 43.4 Å². The fourth-order valence-electron chi connectivity index (χ4n) is 3.11. The number of hydrogen-bond acceptors (Lipinski definition) is 3. The van der Waals surface area contributed by atoms with Crippen molar-refractivity contribution in [3.8, 4) is 0 Å². The van der Waals surface area contributed by atoms with Crippen LogP contribution in [0, 0.1) is 6.92 Å². The van der Waals surface area contributed by atoms with E-state index in [0.717, 1.165) is 17.4 Å². The highest BCUT2D eigenvalue weighted by atomic mass is 16.4. The number of nitrogens with zero attached hydrogens (tertiary/aromatic N) is 1. The van der Waals surface area contributed by atoms with Gasteiger partial charge in [-0.2, -0.15) is 0 Å². The van der Waals surface area contributed by atoms with Gasteiger partial charge in [-0.3, -0.25) is 0 Å². The van der Waals surface area contributed by atoms with Crippen LogP contribution in [0.4, 0.5) is 5.69 Å². The molecular weight excluding hydrogens is 238 g/mol. The van der Waals surface area contributed by atoms with Crippen LogP contribution in [0.3, 0.4) is 0 Å². The van der Waals surface area contributed by atoms with Crippen LogP contribution in [0.5, 0.6) is 0 Å². The van der Waals surface area contributed by atoms with Crippen molar-refractivity contribution in [2.75, 3.05) is 11.9 Å². The number of benzene rings is 1. The molecule has 0 fully saturated rings. The van der Waals surface area contributed by atoms with Crippen molar-refractivity contribution in [2.24, 2.45) is 0 Å². The van der Waals surface area contributed by atoms with Crippen molar-refractivity contribution in [3.05, 3.63) is 39.7 Å². The molecule has 2 atom stereocenters. The minimum atomic E-state index is -0.274. The van der Waals surface area contributed by atoms with Crippen molar-refractivity contribution in [2.45, 2.75) is 39.2 Å². The van der Waals surface area contributed by atoms with Gasteiger partial charge >= 0.3 is 5.63 Å². The lowest BCUT2D eigenvalue weighted by Gasteiger charge is -2.37. The van der Waals surface area contributed by atoms with Gasteiger partial charge in [0, 0.05) is 36.3 Å². The first kappa shape index (κ1) is 12.3. The molecule has 1 aliphatic rings. The van der Waals surface area contributed by atoms with Gasteiger partial charge in [0.2, 0.25) is 0 Å². The van der Waals surface area contributed by atoms with Gasteiger partial charge in [0.25, 0.3) is 0 Å². The average molecular weight is 257 g/mol. The van der Waals surface area contributed by atoms with E-state index in [1.165, 1.54) is 11.3 Å². The fourth-order valence-corrected chi connectivity index (χ4v) is 3.11. The van der Waals surface area contributed by atoms with Crippen molar-refractivity contribution in [3.63, 3.8) is 0 Å². The van der Waals surface area contributed by atoms with Crippen LogP contribution < -0.4 is 10.5 Å². The molecule has 19 heavy (non-hydrogen) atoms. The molecule has 3 nitrogen and oxygen atoms in total. The molecule has 0 amide bonds. The van der Waals surface area contributed by atoms with E-state index < -0.39 is 0 Å². The van der Waals surface area contributed by atoms with Crippen LogP contribution in [0.1, 0.15) is 37.3 Å². The Balaban J connectivity index is 2.33. The van der Waals surface area contributed by atoms with Gasteiger partial charge in [0.05, 0.1) is 0 Å². The molecule has 1 aliphatic heterocycles. The molecule has 2 aromatic rings. The normalized spacial score (nSPS) is 22.6. The summed E-state index contributed by atoms with van der Waals surface area (Å²) in [5.41, 5.74) is 3.95. The Bertz CT molecular complexity index is 702. The molecule has 1 aromatic carbocycles. The lowest BCUT2D eigenvalue weighted by atomic mass is 9.86. The zero-order valence-electron chi connectivity index (χ0n) is 11.9. The highest BCUT2D eigenvalue weighted by molar-refractivity contribution is 5.86. The maximum Gasteiger partial charge on any atom is 0.336 e. The second kappa shape index (κ2) is 4.12. The quantitative estimate of drug-likeness (QED) is 0.678. The highest BCUT2D eigenvalue weighted by Crippen LogP contribution is 2.39. The summed E-state index contributed by atoms with van der Waals surface area (Å²) in [6.45, 7) is 6.46. The molecule has 3 rings (SSSR count). The summed E-state index contributed by atoms with van der Waals surface area (Å²) in [4.78, 5) is 13.8. The minimum Gasteiger partial charge on any atom is -0.423 e. The standard InChI is InChI=1S/C16H19NO2/c1-9-5-11(3)17(4)14-8-15-13(7-12(9)14)10(2)6-16(18)19-15/h6-9,11H,5H2,1-4H3/t9-,11+/m0/s1. The lowest BCUT2D eigenvalue weighted by Crippen LogP contribution is -2.34. The van der Waals surface area contributed by atoms with Crippen molar-refractivity contribution >= 4 is 16.7 Å². The van der Waals surface area contributed by atoms with Crippen LogP contribution in [-0.2, 0) is 0 Å². The molecule has 3 heteroatoms. The smallest absolute Gasteiger partial charge is 0.336 e. The van der Waals surface area contributed by atoms with Crippen LogP contribution in [0.2, 0.25) is 0 Å². The maximum absolute atomic E-state index is 11.5. The Kier molecular flexibility index (Phi) is 2.66. The number of anilines is 1. The summed E-state index contributed by atoms with van der Waals surface area (Å²) < 4.78 is 5.35. The molecule has 2 heterocycles. The van der Waals surface area contributed by atoms with E-state index in [-0.39, 0.29) is 5.63 Å². The summed E-state index contributed by atoms with van der Waals surface area (Å²) >= 11 is 0. The molecule has 0 unspecified atom stereocenters. The SMILES string of the molecule is Cc1cc(=O)oc2cc3c(cc12)[C@@H](C)C[C@@H](C)N3C. The largest absolute Gasteiger partial charge is 0.423 e. The molecule has 0 spiro atoms. The maximum atomic E-state index is 11.5. The second-order valence-corrected chi connectivity index (χ2v) is 5.75. The minimum absolute atomic E-state index is 0.274. The monoisotopic (exact) mass is 257 g/mol. The third kappa shape index (κ3) is 1.84. The molecule has 1 aromatic heterocycles. The summed E-state index contributed by atoms with van der Waals surface area (Å²) in [6.07, 6.45) is 1.16. The third-order valence-corrected chi connectivity index (χ3v) is 4.37. The number of fused-ring (bicyclic) bond motifs is 2. The van der Waals surface area contributed by atoms with Crippen LogP contribution >= 0.6 is 0 Å². The van der Waals surface area contributed by atoms with E-state index in [9.17, 15) is 4.79 Å². The Morgan fingerprint density at radius 1 is 1.26 bits per heavy atom. The fraction of sp³-hybridized carbons (Fsp3) is 0.438. The molecule has 0 aliphatic carbocycles. The van der Waals surface area contributed by atoms with Gasteiger partial charge in [-0.15, -0.1) is 0 Å². The Labute approximate surface area is 112 Å². The first-order chi connectivity index (χ1) is 8.97. The van der Waals surface area contributed by atoms with E-state index in [2.05, 4.69) is 31.9 Å². The Morgan fingerprint density at radius 3 is 2.74 bits per heavy atom. The van der Waals surface area contributed by atoms with Gasteiger partial charge in [-0.25, -0.2) is 4.79 Å². The molecular formula is C16H19NO2. The first-order valence-corrected chi connectivity index (χ1v) is 6.78. The van der Waals surface area contributed by atoms with Gasteiger partial charge in [0.15, 0.2) is 0 Å². The molecule has 0 radical (unpaired) electrons. The van der Waals surface area contributed by atoms with Gasteiger partial charge in [0.1, 0.15) is 5.58 Å². The van der Waals surface area contributed by atoms with E-state index in [1.54, 1.807) is 6.07 Å². The number of hydrogen-bond donors (Lipinski definition) is 0. The van der Waals surface area contributed by atoms with Gasteiger partial charge < -0.3 is 9.32 Å². The van der Waals surface area contributed by atoms with Crippen LogP contribution in [0.15, 0.2) is 27.4 Å². The molecule has 0 N–H and O–H groups in total. The molecule has 100 valence electrons. The molecule has 0 bridgehead atoms. The predicted octanol–water partition coefficient (Wildman–Crippen LogP) is 3.43. The number of aryl methyl sites for hydroxylation is 1. The summed E-state index contributed by atoms with van der Waals surface area (Å²) in [5, 5.41) is 1.05. The summed E-state index contributed by atoms with van der Waals surface area (Å²) in [6, 6.07) is 6.28. The van der Waals surface area contributed by atoms with Crippen LogP contribution in [-0.4, -0.2) is 13.1 Å². The molecule has 0 saturated heterocycles. The topological polar surface area (TPSA) is 33.5 Å².